The second-order valence-corrected chi connectivity index (χ2v) is 5.79. The molecule has 0 amide bonds. The molecule has 2 radical (unpaired) electrons. The third kappa shape index (κ3) is 4.82. The molecule has 2 rings (SSSR count). The minimum atomic E-state index is -3.70. The number of hydrogen-bond acceptors (Lipinski definition) is 3. The van der Waals surface area contributed by atoms with Crippen molar-refractivity contribution >= 4 is 80.0 Å². The third-order valence-electron chi connectivity index (χ3n) is 2.88. The summed E-state index contributed by atoms with van der Waals surface area (Å²) < 4.78 is 29.5. The molecule has 0 bridgehead atoms. The van der Waals surface area contributed by atoms with E-state index < -0.39 is 10.1 Å². The summed E-state index contributed by atoms with van der Waals surface area (Å²) in [5, 5.41) is 1.59. The molecule has 2 aromatic carbocycles. The van der Waals surface area contributed by atoms with Gasteiger partial charge in [-0.05, 0) is 24.8 Å². The number of fused-ring (bicyclic) bond motifs is 1. The zero-order valence-electron chi connectivity index (χ0n) is 12.5. The SMILES string of the molecule is CCC(C)OS(=O)(=O)c1cccc2ccccc12.[Na].[Na]. The topological polar surface area (TPSA) is 43.4 Å². The van der Waals surface area contributed by atoms with Crippen LogP contribution >= 0.6 is 0 Å². The van der Waals surface area contributed by atoms with E-state index in [1.54, 1.807) is 25.1 Å². The van der Waals surface area contributed by atoms with Crippen LogP contribution in [0.5, 0.6) is 0 Å². The summed E-state index contributed by atoms with van der Waals surface area (Å²) in [4.78, 5) is 0.237. The zero-order chi connectivity index (χ0) is 13.2. The molecule has 0 aliphatic heterocycles. The fraction of sp³-hybridized carbons (Fsp3) is 0.286. The quantitative estimate of drug-likeness (QED) is 0.644. The molecular weight excluding hydrogens is 294 g/mol. The Labute approximate surface area is 164 Å². The van der Waals surface area contributed by atoms with Gasteiger partial charge in [-0.2, -0.15) is 8.42 Å². The summed E-state index contributed by atoms with van der Waals surface area (Å²) in [5.41, 5.74) is 0. The third-order valence-corrected chi connectivity index (χ3v) is 4.36. The molecule has 0 N–H and O–H groups in total. The van der Waals surface area contributed by atoms with E-state index in [1.807, 2.05) is 31.2 Å². The molecule has 0 aliphatic rings. The monoisotopic (exact) mass is 310 g/mol. The van der Waals surface area contributed by atoms with E-state index >= 15 is 0 Å². The van der Waals surface area contributed by atoms with Gasteiger partial charge in [-0.1, -0.05) is 43.3 Å². The van der Waals surface area contributed by atoms with Crippen LogP contribution < -0.4 is 0 Å². The van der Waals surface area contributed by atoms with Gasteiger partial charge in [0.15, 0.2) is 0 Å². The maximum atomic E-state index is 12.2. The minimum absolute atomic E-state index is 0. The molecule has 2 aromatic rings. The number of benzene rings is 2. The van der Waals surface area contributed by atoms with Crippen LogP contribution in [0, 0.1) is 0 Å². The first kappa shape index (κ1) is 20.6. The van der Waals surface area contributed by atoms with Crippen molar-refractivity contribution in [2.75, 3.05) is 0 Å². The van der Waals surface area contributed by atoms with Crippen LogP contribution in [0.25, 0.3) is 10.8 Å². The van der Waals surface area contributed by atoms with Gasteiger partial charge >= 0.3 is 0 Å². The van der Waals surface area contributed by atoms with Gasteiger partial charge in [0.25, 0.3) is 10.1 Å². The van der Waals surface area contributed by atoms with Gasteiger partial charge in [-0.3, -0.25) is 4.18 Å². The van der Waals surface area contributed by atoms with Crippen LogP contribution in [0.2, 0.25) is 0 Å². The van der Waals surface area contributed by atoms with Crippen molar-refractivity contribution in [2.45, 2.75) is 31.3 Å². The number of hydrogen-bond donors (Lipinski definition) is 0. The van der Waals surface area contributed by atoms with E-state index in [1.165, 1.54) is 0 Å². The molecule has 1 atom stereocenters. The zero-order valence-corrected chi connectivity index (χ0v) is 17.3. The molecule has 0 fully saturated rings. The molecule has 0 saturated carbocycles. The molecule has 98 valence electrons. The summed E-state index contributed by atoms with van der Waals surface area (Å²) in [5.74, 6) is 0. The Morgan fingerprint density at radius 3 is 2.30 bits per heavy atom. The fourth-order valence-electron chi connectivity index (χ4n) is 1.75. The molecule has 6 heteroatoms. The fourth-order valence-corrected chi connectivity index (χ4v) is 3.12. The molecule has 0 aromatic heterocycles. The molecule has 0 heterocycles. The van der Waals surface area contributed by atoms with Crippen molar-refractivity contribution in [2.24, 2.45) is 0 Å². The maximum absolute atomic E-state index is 12.2. The Hall–Kier alpha value is 0.610. The van der Waals surface area contributed by atoms with Crippen molar-refractivity contribution in [1.82, 2.24) is 0 Å². The molecule has 0 aliphatic carbocycles. The van der Waals surface area contributed by atoms with Gasteiger partial charge in [0.05, 0.1) is 6.10 Å². The van der Waals surface area contributed by atoms with E-state index in [9.17, 15) is 8.42 Å². The first-order chi connectivity index (χ1) is 8.54. The average Bonchev–Trinajstić information content (AvgIpc) is 2.37. The Kier molecular flexibility index (Phi) is 9.18. The second-order valence-electron chi connectivity index (χ2n) is 4.25. The van der Waals surface area contributed by atoms with Crippen LogP contribution in [0.3, 0.4) is 0 Å². The van der Waals surface area contributed by atoms with Gasteiger partial charge in [-0.15, -0.1) is 0 Å². The van der Waals surface area contributed by atoms with Crippen LogP contribution in [0.4, 0.5) is 0 Å². The van der Waals surface area contributed by atoms with Gasteiger partial charge < -0.3 is 0 Å². The van der Waals surface area contributed by atoms with Crippen molar-refractivity contribution in [3.63, 3.8) is 0 Å². The van der Waals surface area contributed by atoms with Crippen molar-refractivity contribution in [1.29, 1.82) is 0 Å². The largest absolute Gasteiger partial charge is 0.297 e. The summed E-state index contributed by atoms with van der Waals surface area (Å²) >= 11 is 0. The Bertz CT molecular complexity index is 651. The van der Waals surface area contributed by atoms with E-state index in [4.69, 9.17) is 4.18 Å². The number of rotatable bonds is 4. The summed E-state index contributed by atoms with van der Waals surface area (Å²) in [6, 6.07) is 12.6. The predicted molar refractivity (Wildman–Crippen MR) is 83.5 cm³/mol. The minimum Gasteiger partial charge on any atom is -0.263 e. The Balaban J connectivity index is 0.00000180. The van der Waals surface area contributed by atoms with Gasteiger partial charge in [0.2, 0.25) is 0 Å². The van der Waals surface area contributed by atoms with Crippen LogP contribution in [0.15, 0.2) is 47.4 Å². The summed E-state index contributed by atoms with van der Waals surface area (Å²) in [7, 11) is -3.70. The Morgan fingerprint density at radius 1 is 1.05 bits per heavy atom. The normalized spacial score (nSPS) is 12.3. The van der Waals surface area contributed by atoms with Gasteiger partial charge in [-0.25, -0.2) is 0 Å². The van der Waals surface area contributed by atoms with Crippen LogP contribution in [-0.2, 0) is 14.3 Å². The second kappa shape index (κ2) is 8.91. The average molecular weight is 310 g/mol. The van der Waals surface area contributed by atoms with Gasteiger partial charge in [0.1, 0.15) is 4.90 Å². The predicted octanol–water partition coefficient (Wildman–Crippen LogP) is 2.58. The van der Waals surface area contributed by atoms with Crippen molar-refractivity contribution in [3.05, 3.63) is 42.5 Å². The van der Waals surface area contributed by atoms with Crippen LogP contribution in [0.1, 0.15) is 20.3 Å². The van der Waals surface area contributed by atoms with E-state index in [-0.39, 0.29) is 70.1 Å². The molecule has 0 saturated heterocycles. The first-order valence-corrected chi connectivity index (χ1v) is 7.36. The molecule has 1 unspecified atom stereocenters. The molecule has 0 spiro atoms. The first-order valence-electron chi connectivity index (χ1n) is 5.95. The maximum Gasteiger partial charge on any atom is 0.297 e. The molecular formula is C14H16Na2O3S. The van der Waals surface area contributed by atoms with E-state index in [2.05, 4.69) is 0 Å². The van der Waals surface area contributed by atoms with Crippen molar-refractivity contribution in [3.8, 4) is 0 Å². The van der Waals surface area contributed by atoms with Gasteiger partial charge in [0, 0.05) is 64.5 Å². The molecule has 3 nitrogen and oxygen atoms in total. The van der Waals surface area contributed by atoms with Crippen LogP contribution in [-0.4, -0.2) is 73.6 Å². The summed E-state index contributed by atoms with van der Waals surface area (Å²) in [6.07, 6.45) is 0.346. The molecule has 20 heavy (non-hydrogen) atoms. The van der Waals surface area contributed by atoms with E-state index in [0.717, 1.165) is 5.39 Å². The summed E-state index contributed by atoms with van der Waals surface area (Å²) in [6.45, 7) is 3.64. The van der Waals surface area contributed by atoms with Crippen molar-refractivity contribution < 1.29 is 12.6 Å². The smallest absolute Gasteiger partial charge is 0.263 e. The standard InChI is InChI=1S/C14H16O3S.2Na/c1-3-11(2)17-18(15,16)14-10-6-8-12-7-4-5-9-13(12)14;;/h4-11H,3H2,1-2H3;;. The Morgan fingerprint density at radius 2 is 1.65 bits per heavy atom. The van der Waals surface area contributed by atoms with E-state index in [0.29, 0.717) is 11.8 Å².